The van der Waals surface area contributed by atoms with Gasteiger partial charge in [-0.2, -0.15) is 13.2 Å². The van der Waals surface area contributed by atoms with E-state index in [-0.39, 0.29) is 6.04 Å². The van der Waals surface area contributed by atoms with Gasteiger partial charge in [-0.3, -0.25) is 4.90 Å². The molecule has 1 aliphatic rings. The molecule has 1 saturated heterocycles. The first-order chi connectivity index (χ1) is 9.52. The van der Waals surface area contributed by atoms with E-state index in [2.05, 4.69) is 17.1 Å². The molecule has 5 heteroatoms. The Morgan fingerprint density at radius 2 is 1.75 bits per heavy atom. The van der Waals surface area contributed by atoms with Crippen LogP contribution in [-0.2, 0) is 6.18 Å². The molecular formula is C15H21F3N2. The quantitative estimate of drug-likeness (QED) is 0.912. The minimum Gasteiger partial charge on any atom is -0.314 e. The third-order valence-electron chi connectivity index (χ3n) is 3.78. The van der Waals surface area contributed by atoms with Gasteiger partial charge in [-0.25, -0.2) is 0 Å². The molecule has 1 aromatic rings. The van der Waals surface area contributed by atoms with E-state index in [0.717, 1.165) is 44.6 Å². The molecule has 0 aromatic heterocycles. The van der Waals surface area contributed by atoms with E-state index in [1.807, 2.05) is 0 Å². The number of piperazine rings is 1. The van der Waals surface area contributed by atoms with Crippen molar-refractivity contribution in [3.8, 4) is 0 Å². The number of nitrogens with one attached hydrogen (secondary N) is 1. The van der Waals surface area contributed by atoms with E-state index in [9.17, 15) is 13.2 Å². The topological polar surface area (TPSA) is 15.3 Å². The van der Waals surface area contributed by atoms with E-state index < -0.39 is 11.7 Å². The number of hydrogen-bond acceptors (Lipinski definition) is 2. The van der Waals surface area contributed by atoms with Crippen molar-refractivity contribution < 1.29 is 13.2 Å². The van der Waals surface area contributed by atoms with Crippen molar-refractivity contribution in [3.63, 3.8) is 0 Å². The Hall–Kier alpha value is -1.07. The number of hydrogen-bond donors (Lipinski definition) is 1. The van der Waals surface area contributed by atoms with Crippen molar-refractivity contribution in [2.24, 2.45) is 0 Å². The van der Waals surface area contributed by atoms with Gasteiger partial charge >= 0.3 is 6.18 Å². The lowest BCUT2D eigenvalue weighted by Crippen LogP contribution is -2.45. The molecule has 1 atom stereocenters. The van der Waals surface area contributed by atoms with Crippen molar-refractivity contribution in [2.45, 2.75) is 32.0 Å². The summed E-state index contributed by atoms with van der Waals surface area (Å²) < 4.78 is 37.8. The molecule has 0 radical (unpaired) electrons. The second-order valence-electron chi connectivity index (χ2n) is 5.21. The Morgan fingerprint density at radius 3 is 2.25 bits per heavy atom. The highest BCUT2D eigenvalue weighted by atomic mass is 19.4. The van der Waals surface area contributed by atoms with Crippen molar-refractivity contribution >= 4 is 0 Å². The monoisotopic (exact) mass is 286 g/mol. The smallest absolute Gasteiger partial charge is 0.314 e. The number of nitrogens with zero attached hydrogens (tertiary/aromatic N) is 1. The van der Waals surface area contributed by atoms with Crippen LogP contribution in [0, 0.1) is 0 Å². The fraction of sp³-hybridized carbons (Fsp3) is 0.600. The van der Waals surface area contributed by atoms with Crippen LogP contribution in [-0.4, -0.2) is 31.1 Å². The molecule has 0 saturated carbocycles. The fourth-order valence-electron chi connectivity index (χ4n) is 2.72. The molecule has 0 amide bonds. The molecule has 0 spiro atoms. The van der Waals surface area contributed by atoms with Crippen LogP contribution in [0.4, 0.5) is 13.2 Å². The summed E-state index contributed by atoms with van der Waals surface area (Å²) in [6.45, 7) is 5.90. The summed E-state index contributed by atoms with van der Waals surface area (Å²) in [5, 5.41) is 3.30. The lowest BCUT2D eigenvalue weighted by molar-refractivity contribution is -0.137. The largest absolute Gasteiger partial charge is 0.416 e. The zero-order valence-electron chi connectivity index (χ0n) is 11.7. The van der Waals surface area contributed by atoms with Crippen LogP contribution in [0.15, 0.2) is 24.3 Å². The maximum absolute atomic E-state index is 12.6. The molecule has 112 valence electrons. The molecule has 1 N–H and O–H groups in total. The first-order valence-electron chi connectivity index (χ1n) is 7.14. The van der Waals surface area contributed by atoms with Gasteiger partial charge in [0.05, 0.1) is 5.56 Å². The second kappa shape index (κ2) is 6.59. The highest BCUT2D eigenvalue weighted by Gasteiger charge is 2.30. The maximum atomic E-state index is 12.6. The van der Waals surface area contributed by atoms with Crippen LogP contribution in [0.5, 0.6) is 0 Å². The van der Waals surface area contributed by atoms with Gasteiger partial charge < -0.3 is 5.32 Å². The van der Waals surface area contributed by atoms with Crippen molar-refractivity contribution in [1.29, 1.82) is 0 Å². The minimum absolute atomic E-state index is 0.226. The molecule has 0 aliphatic carbocycles. The van der Waals surface area contributed by atoms with E-state index >= 15 is 0 Å². The zero-order chi connectivity index (χ0) is 14.6. The van der Waals surface area contributed by atoms with Crippen LogP contribution < -0.4 is 5.32 Å². The Kier molecular flexibility index (Phi) is 5.05. The molecule has 0 unspecified atom stereocenters. The van der Waals surface area contributed by atoms with Crippen molar-refractivity contribution in [3.05, 3.63) is 35.4 Å². The molecule has 0 bridgehead atoms. The third-order valence-corrected chi connectivity index (χ3v) is 3.78. The van der Waals surface area contributed by atoms with Crippen molar-refractivity contribution in [1.82, 2.24) is 10.2 Å². The summed E-state index contributed by atoms with van der Waals surface area (Å²) >= 11 is 0. The fourth-order valence-corrected chi connectivity index (χ4v) is 2.72. The van der Waals surface area contributed by atoms with Gasteiger partial charge in [0.1, 0.15) is 0 Å². The van der Waals surface area contributed by atoms with Gasteiger partial charge in [-0.1, -0.05) is 25.5 Å². The highest BCUT2D eigenvalue weighted by Crippen LogP contribution is 2.32. The van der Waals surface area contributed by atoms with E-state index in [1.165, 1.54) is 12.1 Å². The number of benzene rings is 1. The molecule has 1 aliphatic heterocycles. The van der Waals surface area contributed by atoms with Crippen LogP contribution in [0.2, 0.25) is 0 Å². The Morgan fingerprint density at radius 1 is 1.15 bits per heavy atom. The van der Waals surface area contributed by atoms with Gasteiger partial charge in [0.15, 0.2) is 0 Å². The number of rotatable bonds is 4. The predicted molar refractivity (Wildman–Crippen MR) is 73.5 cm³/mol. The Balaban J connectivity index is 2.16. The lowest BCUT2D eigenvalue weighted by atomic mass is 9.98. The van der Waals surface area contributed by atoms with Crippen LogP contribution in [0.3, 0.4) is 0 Å². The summed E-state index contributed by atoms with van der Waals surface area (Å²) in [4.78, 5) is 2.36. The minimum atomic E-state index is -4.26. The van der Waals surface area contributed by atoms with E-state index in [1.54, 1.807) is 12.1 Å². The van der Waals surface area contributed by atoms with E-state index in [0.29, 0.717) is 0 Å². The van der Waals surface area contributed by atoms with Gasteiger partial charge in [0.25, 0.3) is 0 Å². The molecule has 1 fully saturated rings. The first-order valence-corrected chi connectivity index (χ1v) is 7.14. The summed E-state index contributed by atoms with van der Waals surface area (Å²) in [6, 6.07) is 5.88. The van der Waals surface area contributed by atoms with Gasteiger partial charge in [0, 0.05) is 32.2 Å². The third kappa shape index (κ3) is 3.73. The van der Waals surface area contributed by atoms with Crippen LogP contribution in [0.1, 0.15) is 36.9 Å². The summed E-state index contributed by atoms with van der Waals surface area (Å²) in [7, 11) is 0. The van der Waals surface area contributed by atoms with Gasteiger partial charge in [0.2, 0.25) is 0 Å². The number of alkyl halides is 3. The van der Waals surface area contributed by atoms with Crippen molar-refractivity contribution in [2.75, 3.05) is 26.2 Å². The van der Waals surface area contributed by atoms with E-state index in [4.69, 9.17) is 0 Å². The van der Waals surface area contributed by atoms with Gasteiger partial charge in [-0.05, 0) is 24.1 Å². The molecule has 1 heterocycles. The average molecular weight is 286 g/mol. The summed E-state index contributed by atoms with van der Waals surface area (Å²) in [5.74, 6) is 0. The normalized spacial score (nSPS) is 19.0. The molecule has 20 heavy (non-hydrogen) atoms. The Labute approximate surface area is 118 Å². The summed E-state index contributed by atoms with van der Waals surface area (Å²) in [5.41, 5.74) is 0.415. The molecule has 2 rings (SSSR count). The highest BCUT2D eigenvalue weighted by molar-refractivity contribution is 5.27. The standard InChI is InChI=1S/C15H21F3N2/c1-2-3-14(20-10-8-19-9-11-20)12-4-6-13(7-5-12)15(16,17)18/h4-7,14,19H,2-3,8-11H2,1H3/t14-/m1/s1. The Bertz CT molecular complexity index is 408. The first kappa shape index (κ1) is 15.3. The molecule has 1 aromatic carbocycles. The number of halogens is 3. The predicted octanol–water partition coefficient (Wildman–Crippen LogP) is 3.45. The van der Waals surface area contributed by atoms with Gasteiger partial charge in [-0.15, -0.1) is 0 Å². The average Bonchev–Trinajstić information content (AvgIpc) is 2.45. The lowest BCUT2D eigenvalue weighted by Gasteiger charge is -2.35. The van der Waals surface area contributed by atoms with Crippen LogP contribution in [0.25, 0.3) is 0 Å². The zero-order valence-corrected chi connectivity index (χ0v) is 11.7. The van der Waals surface area contributed by atoms with Crippen LogP contribution >= 0.6 is 0 Å². The SMILES string of the molecule is CCC[C@H](c1ccc(C(F)(F)F)cc1)N1CCNCC1. The maximum Gasteiger partial charge on any atom is 0.416 e. The molecule has 2 nitrogen and oxygen atoms in total. The second-order valence-corrected chi connectivity index (χ2v) is 5.21. The molecular weight excluding hydrogens is 265 g/mol. The summed E-state index contributed by atoms with van der Waals surface area (Å²) in [6.07, 6.45) is -2.26.